The lowest BCUT2D eigenvalue weighted by Gasteiger charge is -2.28. The molecule has 7 heteroatoms. The number of hydrogen-bond acceptors (Lipinski definition) is 4. The molecule has 1 saturated heterocycles. The number of anilines is 2. The molecule has 2 heterocycles. The van der Waals surface area contributed by atoms with E-state index in [1.807, 2.05) is 12.1 Å². The van der Waals surface area contributed by atoms with Crippen molar-refractivity contribution >= 4 is 39.2 Å². The molecule has 3 rings (SSSR count). The van der Waals surface area contributed by atoms with Gasteiger partial charge in [0, 0.05) is 23.1 Å². The summed E-state index contributed by atoms with van der Waals surface area (Å²) < 4.78 is 0.813. The smallest absolute Gasteiger partial charge is 0.251 e. The molecule has 2 aromatic rings. The zero-order valence-electron chi connectivity index (χ0n) is 14.4. The fourth-order valence-electron chi connectivity index (χ4n) is 2.88. The van der Waals surface area contributed by atoms with Crippen molar-refractivity contribution < 1.29 is 9.59 Å². The van der Waals surface area contributed by atoms with E-state index in [4.69, 9.17) is 0 Å². The number of carbonyl (C=O) groups excluding carboxylic acids is 2. The summed E-state index contributed by atoms with van der Waals surface area (Å²) >= 11 is 3.32. The molecule has 0 bridgehead atoms. The number of nitrogens with one attached hydrogen (secondary N) is 2. The minimum absolute atomic E-state index is 0.110. The Morgan fingerprint density at radius 3 is 2.62 bits per heavy atom. The molecular formula is C19H21BrN4O2. The average molecular weight is 417 g/mol. The summed E-state index contributed by atoms with van der Waals surface area (Å²) in [7, 11) is 0. The largest absolute Gasteiger partial charge is 0.370 e. The van der Waals surface area contributed by atoms with E-state index in [1.54, 1.807) is 30.5 Å². The van der Waals surface area contributed by atoms with Crippen LogP contribution in [0.3, 0.4) is 0 Å². The molecule has 0 radical (unpaired) electrons. The third-order valence-corrected chi connectivity index (χ3v) is 4.73. The van der Waals surface area contributed by atoms with Crippen molar-refractivity contribution in [2.75, 3.05) is 29.9 Å². The molecule has 26 heavy (non-hydrogen) atoms. The van der Waals surface area contributed by atoms with Crippen LogP contribution in [0.15, 0.2) is 47.1 Å². The van der Waals surface area contributed by atoms with E-state index in [9.17, 15) is 9.59 Å². The van der Waals surface area contributed by atoms with Crippen molar-refractivity contribution in [3.8, 4) is 0 Å². The van der Waals surface area contributed by atoms with E-state index in [-0.39, 0.29) is 18.4 Å². The molecule has 6 nitrogen and oxygen atoms in total. The highest BCUT2D eigenvalue weighted by Crippen LogP contribution is 2.19. The molecular weight excluding hydrogens is 396 g/mol. The van der Waals surface area contributed by atoms with Crippen molar-refractivity contribution in [2.24, 2.45) is 0 Å². The number of amides is 2. The molecule has 136 valence electrons. The lowest BCUT2D eigenvalue weighted by atomic mass is 10.1. The summed E-state index contributed by atoms with van der Waals surface area (Å²) in [5.41, 5.74) is 1.57. The third-order valence-electron chi connectivity index (χ3n) is 4.23. The van der Waals surface area contributed by atoms with Crippen LogP contribution in [-0.2, 0) is 4.79 Å². The fourth-order valence-corrected chi connectivity index (χ4v) is 3.28. The predicted molar refractivity (Wildman–Crippen MR) is 105 cm³/mol. The number of nitrogens with zero attached hydrogens (tertiary/aromatic N) is 2. The van der Waals surface area contributed by atoms with Crippen LogP contribution < -0.4 is 15.5 Å². The van der Waals surface area contributed by atoms with Crippen LogP contribution in [0.25, 0.3) is 0 Å². The van der Waals surface area contributed by atoms with Gasteiger partial charge in [-0.15, -0.1) is 0 Å². The number of piperidine rings is 1. The van der Waals surface area contributed by atoms with Gasteiger partial charge in [-0.2, -0.15) is 0 Å². The molecule has 1 aromatic heterocycles. The minimum atomic E-state index is -0.313. The highest BCUT2D eigenvalue weighted by atomic mass is 79.9. The van der Waals surface area contributed by atoms with Crippen LogP contribution in [-0.4, -0.2) is 36.4 Å². The normalized spacial score (nSPS) is 14.0. The third kappa shape index (κ3) is 5.05. The molecule has 1 aliphatic heterocycles. The Kier molecular flexibility index (Phi) is 6.22. The Bertz CT molecular complexity index is 773. The van der Waals surface area contributed by atoms with Gasteiger partial charge >= 0.3 is 0 Å². The van der Waals surface area contributed by atoms with E-state index in [2.05, 4.69) is 36.4 Å². The number of carbonyl (C=O) groups is 2. The summed E-state index contributed by atoms with van der Waals surface area (Å²) in [6.07, 6.45) is 5.47. The number of aromatic nitrogens is 1. The van der Waals surface area contributed by atoms with Gasteiger partial charge in [-0.05, 0) is 49.6 Å². The number of hydrogen-bond donors (Lipinski definition) is 2. The summed E-state index contributed by atoms with van der Waals surface area (Å²) in [5.74, 6) is -0.131. The van der Waals surface area contributed by atoms with Gasteiger partial charge in [0.05, 0.1) is 18.4 Å². The van der Waals surface area contributed by atoms with Gasteiger partial charge in [-0.25, -0.2) is 4.98 Å². The lowest BCUT2D eigenvalue weighted by molar-refractivity contribution is -0.115. The van der Waals surface area contributed by atoms with Crippen LogP contribution in [0, 0.1) is 0 Å². The van der Waals surface area contributed by atoms with Gasteiger partial charge in [-0.3, -0.25) is 9.59 Å². The van der Waals surface area contributed by atoms with E-state index in [0.717, 1.165) is 23.2 Å². The maximum Gasteiger partial charge on any atom is 0.251 e. The van der Waals surface area contributed by atoms with E-state index < -0.39 is 0 Å². The Morgan fingerprint density at radius 2 is 1.92 bits per heavy atom. The molecule has 0 spiro atoms. The van der Waals surface area contributed by atoms with Gasteiger partial charge < -0.3 is 15.5 Å². The number of benzene rings is 1. The molecule has 0 unspecified atom stereocenters. The molecule has 1 aromatic carbocycles. The summed E-state index contributed by atoms with van der Waals surface area (Å²) in [5, 5.41) is 5.30. The highest BCUT2D eigenvalue weighted by Gasteiger charge is 2.12. The van der Waals surface area contributed by atoms with Crippen LogP contribution >= 0.6 is 15.9 Å². The second-order valence-corrected chi connectivity index (χ2v) is 7.11. The number of pyridine rings is 1. The van der Waals surface area contributed by atoms with Crippen molar-refractivity contribution in [1.82, 2.24) is 10.3 Å². The number of rotatable bonds is 5. The summed E-state index contributed by atoms with van der Waals surface area (Å²) in [6, 6.07) is 10.8. The first kappa shape index (κ1) is 18.4. The second kappa shape index (κ2) is 8.80. The first-order valence-corrected chi connectivity index (χ1v) is 9.46. The summed E-state index contributed by atoms with van der Waals surface area (Å²) in [4.78, 5) is 30.7. The first-order valence-electron chi connectivity index (χ1n) is 8.66. The molecule has 0 aliphatic carbocycles. The van der Waals surface area contributed by atoms with Gasteiger partial charge in [0.15, 0.2) is 0 Å². The van der Waals surface area contributed by atoms with Crippen molar-refractivity contribution in [3.05, 3.63) is 52.6 Å². The Labute approximate surface area is 161 Å². The van der Waals surface area contributed by atoms with Crippen LogP contribution in [0.5, 0.6) is 0 Å². The Morgan fingerprint density at radius 1 is 1.12 bits per heavy atom. The Balaban J connectivity index is 1.49. The van der Waals surface area contributed by atoms with Gasteiger partial charge in [0.2, 0.25) is 5.91 Å². The van der Waals surface area contributed by atoms with Gasteiger partial charge in [0.1, 0.15) is 5.82 Å². The van der Waals surface area contributed by atoms with Crippen LogP contribution in [0.4, 0.5) is 11.5 Å². The average Bonchev–Trinajstić information content (AvgIpc) is 2.67. The quantitative estimate of drug-likeness (QED) is 0.784. The minimum Gasteiger partial charge on any atom is -0.370 e. The van der Waals surface area contributed by atoms with E-state index in [1.165, 1.54) is 19.3 Å². The monoisotopic (exact) mass is 416 g/mol. The predicted octanol–water partition coefficient (Wildman–Crippen LogP) is 3.20. The second-order valence-electron chi connectivity index (χ2n) is 6.19. The molecule has 0 atom stereocenters. The standard InChI is InChI=1S/C19H21BrN4O2/c20-15-6-4-5-14(11-15)19(26)22-13-18(25)23-17-8-7-16(12-21-17)24-9-2-1-3-10-24/h4-8,11-12H,1-3,9-10,13H2,(H,22,26)(H,21,23,25). The number of halogens is 1. The van der Waals surface area contributed by atoms with Gasteiger partial charge in [-0.1, -0.05) is 22.0 Å². The van der Waals surface area contributed by atoms with Crippen LogP contribution in [0.1, 0.15) is 29.6 Å². The Hall–Kier alpha value is -2.41. The molecule has 1 aliphatic rings. The van der Waals surface area contributed by atoms with Crippen LogP contribution in [0.2, 0.25) is 0 Å². The topological polar surface area (TPSA) is 74.3 Å². The van der Waals surface area contributed by atoms with Gasteiger partial charge in [0.25, 0.3) is 5.91 Å². The fraction of sp³-hybridized carbons (Fsp3) is 0.316. The molecule has 1 fully saturated rings. The molecule has 2 amide bonds. The first-order chi connectivity index (χ1) is 12.6. The maximum atomic E-state index is 12.0. The highest BCUT2D eigenvalue weighted by molar-refractivity contribution is 9.10. The zero-order chi connectivity index (χ0) is 18.4. The van der Waals surface area contributed by atoms with Crippen molar-refractivity contribution in [2.45, 2.75) is 19.3 Å². The maximum absolute atomic E-state index is 12.0. The lowest BCUT2D eigenvalue weighted by Crippen LogP contribution is -2.33. The zero-order valence-corrected chi connectivity index (χ0v) is 16.0. The summed E-state index contributed by atoms with van der Waals surface area (Å²) in [6.45, 7) is 1.99. The molecule has 2 N–H and O–H groups in total. The van der Waals surface area contributed by atoms with E-state index >= 15 is 0 Å². The van der Waals surface area contributed by atoms with Crippen molar-refractivity contribution in [1.29, 1.82) is 0 Å². The van der Waals surface area contributed by atoms with Crippen molar-refractivity contribution in [3.63, 3.8) is 0 Å². The van der Waals surface area contributed by atoms with E-state index in [0.29, 0.717) is 11.4 Å². The SMILES string of the molecule is O=C(CNC(=O)c1cccc(Br)c1)Nc1ccc(N2CCCCC2)cn1. The molecule has 0 saturated carbocycles.